The highest BCUT2D eigenvalue weighted by molar-refractivity contribution is 6.74. The Morgan fingerprint density at radius 3 is 1.81 bits per heavy atom. The van der Waals surface area contributed by atoms with Crippen molar-refractivity contribution < 1.29 is 9.53 Å². The maximum atomic E-state index is 9.91. The molecular formula is C13H30O2Si. The summed E-state index contributed by atoms with van der Waals surface area (Å²) in [5.41, 5.74) is 0.163. The largest absolute Gasteiger partial charge is 0.414 e. The van der Waals surface area contributed by atoms with Gasteiger partial charge in [-0.3, -0.25) is 0 Å². The molecule has 2 nitrogen and oxygen atoms in total. The van der Waals surface area contributed by atoms with Gasteiger partial charge in [0.15, 0.2) is 8.32 Å². The minimum atomic E-state index is -1.70. The van der Waals surface area contributed by atoms with E-state index in [9.17, 15) is 5.11 Å². The molecule has 0 spiro atoms. The molecule has 0 aromatic rings. The summed E-state index contributed by atoms with van der Waals surface area (Å²) in [6.45, 7) is 18.0. The quantitative estimate of drug-likeness (QED) is 0.764. The lowest BCUT2D eigenvalue weighted by molar-refractivity contribution is 0.0654. The summed E-state index contributed by atoms with van der Waals surface area (Å²) in [5, 5.41) is 10.1. The normalized spacial score (nSPS) is 16.3. The van der Waals surface area contributed by atoms with E-state index in [4.69, 9.17) is 4.43 Å². The molecule has 0 fully saturated rings. The van der Waals surface area contributed by atoms with Gasteiger partial charge in [-0.25, -0.2) is 0 Å². The fraction of sp³-hybridized carbons (Fsp3) is 1.00. The molecule has 0 rings (SSSR count). The van der Waals surface area contributed by atoms with Crippen LogP contribution in [0.1, 0.15) is 48.0 Å². The molecule has 3 heteroatoms. The van der Waals surface area contributed by atoms with Crippen LogP contribution in [-0.4, -0.2) is 26.1 Å². The Hall–Kier alpha value is 0.137. The smallest absolute Gasteiger partial charge is 0.192 e. The first-order chi connectivity index (χ1) is 6.85. The summed E-state index contributed by atoms with van der Waals surface area (Å²) in [7, 11) is -1.70. The van der Waals surface area contributed by atoms with Crippen molar-refractivity contribution in [3.8, 4) is 0 Å². The van der Waals surface area contributed by atoms with Crippen molar-refractivity contribution in [3.63, 3.8) is 0 Å². The second-order valence-corrected chi connectivity index (χ2v) is 12.3. The molecule has 0 amide bonds. The van der Waals surface area contributed by atoms with E-state index in [2.05, 4.69) is 54.6 Å². The highest BCUT2D eigenvalue weighted by atomic mass is 28.4. The van der Waals surface area contributed by atoms with Crippen molar-refractivity contribution in [1.82, 2.24) is 0 Å². The lowest BCUT2D eigenvalue weighted by Gasteiger charge is -2.37. The van der Waals surface area contributed by atoms with Crippen LogP contribution < -0.4 is 0 Å². The van der Waals surface area contributed by atoms with Gasteiger partial charge in [0.1, 0.15) is 0 Å². The van der Waals surface area contributed by atoms with Gasteiger partial charge in [0.05, 0.1) is 12.7 Å². The number of hydrogen-bond donors (Lipinski definition) is 1. The Labute approximate surface area is 103 Å². The molecule has 1 N–H and O–H groups in total. The van der Waals surface area contributed by atoms with Crippen LogP contribution in [0.2, 0.25) is 18.1 Å². The van der Waals surface area contributed by atoms with E-state index in [-0.39, 0.29) is 16.6 Å². The molecule has 1 atom stereocenters. The minimum absolute atomic E-state index is 0.163. The van der Waals surface area contributed by atoms with Gasteiger partial charge in [-0.2, -0.15) is 0 Å². The van der Waals surface area contributed by atoms with Gasteiger partial charge in [0.25, 0.3) is 0 Å². The summed E-state index contributed by atoms with van der Waals surface area (Å²) in [6, 6.07) is 0. The van der Waals surface area contributed by atoms with Crippen LogP contribution in [-0.2, 0) is 4.43 Å². The van der Waals surface area contributed by atoms with Gasteiger partial charge in [0.2, 0.25) is 0 Å². The van der Waals surface area contributed by atoms with Gasteiger partial charge in [0, 0.05) is 0 Å². The summed E-state index contributed by atoms with van der Waals surface area (Å²) < 4.78 is 5.99. The molecule has 0 radical (unpaired) electrons. The summed E-state index contributed by atoms with van der Waals surface area (Å²) in [5.74, 6) is 0. The van der Waals surface area contributed by atoms with E-state index in [1.165, 1.54) is 0 Å². The van der Waals surface area contributed by atoms with Gasteiger partial charge in [-0.1, -0.05) is 41.5 Å². The Balaban J connectivity index is 4.16. The lowest BCUT2D eigenvalue weighted by atomic mass is 9.89. The number of hydrogen-bond acceptors (Lipinski definition) is 2. The van der Waals surface area contributed by atoms with Crippen LogP contribution >= 0.6 is 0 Å². The van der Waals surface area contributed by atoms with Gasteiger partial charge < -0.3 is 9.53 Å². The monoisotopic (exact) mass is 246 g/mol. The van der Waals surface area contributed by atoms with Crippen LogP contribution in [0.25, 0.3) is 0 Å². The predicted octanol–water partition coefficient (Wildman–Crippen LogP) is 3.81. The first-order valence-electron chi connectivity index (χ1n) is 6.17. The van der Waals surface area contributed by atoms with Crippen LogP contribution in [0, 0.1) is 5.41 Å². The van der Waals surface area contributed by atoms with E-state index in [0.717, 1.165) is 6.42 Å². The number of rotatable bonds is 4. The zero-order valence-corrected chi connectivity index (χ0v) is 13.3. The van der Waals surface area contributed by atoms with Gasteiger partial charge in [-0.15, -0.1) is 0 Å². The molecule has 0 saturated carbocycles. The molecule has 0 aromatic heterocycles. The van der Waals surface area contributed by atoms with E-state index >= 15 is 0 Å². The minimum Gasteiger partial charge on any atom is -0.414 e. The van der Waals surface area contributed by atoms with Gasteiger partial charge in [-0.05, 0) is 30.0 Å². The molecule has 0 heterocycles. The zero-order chi connectivity index (χ0) is 13.2. The summed E-state index contributed by atoms with van der Waals surface area (Å²) in [6.07, 6.45) is 0.455. The maximum absolute atomic E-state index is 9.91. The fourth-order valence-corrected chi connectivity index (χ4v) is 2.33. The van der Waals surface area contributed by atoms with E-state index in [1.54, 1.807) is 0 Å². The third-order valence-electron chi connectivity index (χ3n) is 3.29. The van der Waals surface area contributed by atoms with Crippen molar-refractivity contribution in [2.45, 2.75) is 72.2 Å². The second-order valence-electron chi connectivity index (χ2n) is 7.49. The Morgan fingerprint density at radius 1 is 1.06 bits per heavy atom. The Bertz CT molecular complexity index is 211. The SMILES string of the molecule is CC(C)(C)CC(O)CO[Si](C)(C)C(C)(C)C. The first-order valence-corrected chi connectivity index (χ1v) is 9.08. The van der Waals surface area contributed by atoms with Crippen LogP contribution in [0.3, 0.4) is 0 Å². The number of aliphatic hydroxyl groups excluding tert-OH is 1. The van der Waals surface area contributed by atoms with E-state index in [0.29, 0.717) is 6.61 Å². The lowest BCUT2D eigenvalue weighted by Crippen LogP contribution is -2.43. The molecule has 16 heavy (non-hydrogen) atoms. The van der Waals surface area contributed by atoms with Crippen molar-refractivity contribution in [1.29, 1.82) is 0 Å². The van der Waals surface area contributed by atoms with Crippen LogP contribution in [0.5, 0.6) is 0 Å². The van der Waals surface area contributed by atoms with Crippen molar-refractivity contribution in [2.75, 3.05) is 6.61 Å². The highest BCUT2D eigenvalue weighted by Gasteiger charge is 2.37. The molecule has 0 bridgehead atoms. The molecule has 0 aliphatic rings. The maximum Gasteiger partial charge on any atom is 0.192 e. The highest BCUT2D eigenvalue weighted by Crippen LogP contribution is 2.36. The van der Waals surface area contributed by atoms with Gasteiger partial charge >= 0.3 is 0 Å². The Morgan fingerprint density at radius 2 is 1.50 bits per heavy atom. The first kappa shape index (κ1) is 16.1. The topological polar surface area (TPSA) is 29.5 Å². The summed E-state index contributed by atoms with van der Waals surface area (Å²) >= 11 is 0. The zero-order valence-electron chi connectivity index (χ0n) is 12.3. The third kappa shape index (κ3) is 6.02. The standard InChI is InChI=1S/C13H30O2Si/c1-12(2,3)9-11(14)10-15-16(7,8)13(4,5)6/h11,14H,9-10H2,1-8H3. The molecule has 0 aromatic carbocycles. The van der Waals surface area contributed by atoms with E-state index in [1.807, 2.05) is 0 Å². The average Bonchev–Trinajstić information content (AvgIpc) is 1.95. The molecule has 0 saturated heterocycles. The molecule has 98 valence electrons. The molecular weight excluding hydrogens is 216 g/mol. The average molecular weight is 246 g/mol. The second kappa shape index (κ2) is 5.19. The van der Waals surface area contributed by atoms with Crippen molar-refractivity contribution in [2.24, 2.45) is 5.41 Å². The van der Waals surface area contributed by atoms with Crippen molar-refractivity contribution in [3.05, 3.63) is 0 Å². The predicted molar refractivity (Wildman–Crippen MR) is 73.2 cm³/mol. The molecule has 0 aliphatic heterocycles. The van der Waals surface area contributed by atoms with Crippen molar-refractivity contribution >= 4 is 8.32 Å². The van der Waals surface area contributed by atoms with Crippen LogP contribution in [0.4, 0.5) is 0 Å². The van der Waals surface area contributed by atoms with E-state index < -0.39 is 8.32 Å². The Kier molecular flexibility index (Phi) is 5.24. The third-order valence-corrected chi connectivity index (χ3v) is 7.79. The fourth-order valence-electron chi connectivity index (χ4n) is 1.29. The molecule has 0 aliphatic carbocycles. The van der Waals surface area contributed by atoms with Crippen LogP contribution in [0.15, 0.2) is 0 Å². The molecule has 1 unspecified atom stereocenters. The summed E-state index contributed by atoms with van der Waals surface area (Å²) in [4.78, 5) is 0. The number of aliphatic hydroxyl groups is 1.